The first-order chi connectivity index (χ1) is 15.9. The molecule has 1 fully saturated rings. The summed E-state index contributed by atoms with van der Waals surface area (Å²) in [6.45, 7) is 0. The van der Waals surface area contributed by atoms with Gasteiger partial charge in [-0.1, -0.05) is 78.9 Å². The maximum absolute atomic E-state index is 6.90. The Morgan fingerprint density at radius 3 is 2.28 bits per heavy atom. The van der Waals surface area contributed by atoms with Gasteiger partial charge >= 0.3 is 0 Å². The van der Waals surface area contributed by atoms with Crippen molar-refractivity contribution in [3.05, 3.63) is 96.1 Å². The second kappa shape index (κ2) is 6.01. The van der Waals surface area contributed by atoms with Gasteiger partial charge in [0.25, 0.3) is 0 Å². The van der Waals surface area contributed by atoms with E-state index in [1.165, 1.54) is 73.8 Å². The topological polar surface area (TPSA) is 13.1 Å². The van der Waals surface area contributed by atoms with Crippen LogP contribution in [0.4, 0.5) is 0 Å². The fourth-order valence-corrected chi connectivity index (χ4v) is 6.52. The quantitative estimate of drug-likeness (QED) is 0.244. The van der Waals surface area contributed by atoms with Crippen molar-refractivity contribution in [2.45, 2.75) is 25.2 Å². The van der Waals surface area contributed by atoms with E-state index < -0.39 is 0 Å². The summed E-state index contributed by atoms with van der Waals surface area (Å²) in [5.74, 6) is 1.29. The Labute approximate surface area is 186 Å². The molecule has 32 heavy (non-hydrogen) atoms. The molecule has 8 rings (SSSR count). The molecule has 0 spiro atoms. The van der Waals surface area contributed by atoms with Gasteiger partial charge < -0.3 is 4.42 Å². The van der Waals surface area contributed by atoms with Crippen molar-refractivity contribution in [1.29, 1.82) is 0 Å². The number of furan rings is 1. The Bertz CT molecular complexity index is 1720. The highest BCUT2D eigenvalue weighted by Crippen LogP contribution is 2.56. The van der Waals surface area contributed by atoms with Crippen LogP contribution in [-0.4, -0.2) is 0 Å². The molecule has 6 aromatic rings. The highest BCUT2D eigenvalue weighted by atomic mass is 16.3. The van der Waals surface area contributed by atoms with Gasteiger partial charge in [0.1, 0.15) is 11.2 Å². The molecular weight excluding hydrogens is 388 g/mol. The average Bonchev–Trinajstić information content (AvgIpc) is 3.19. The lowest BCUT2D eigenvalue weighted by Gasteiger charge is -2.36. The molecule has 1 nitrogen and oxygen atoms in total. The van der Waals surface area contributed by atoms with E-state index in [0.29, 0.717) is 11.8 Å². The smallest absolute Gasteiger partial charge is 0.143 e. The first-order valence-electron chi connectivity index (χ1n) is 11.8. The van der Waals surface area contributed by atoms with Crippen molar-refractivity contribution in [1.82, 2.24) is 0 Å². The van der Waals surface area contributed by atoms with E-state index in [9.17, 15) is 0 Å². The van der Waals surface area contributed by atoms with Gasteiger partial charge in [-0.05, 0) is 70.0 Å². The molecule has 152 valence electrons. The summed E-state index contributed by atoms with van der Waals surface area (Å²) in [5.41, 5.74) is 7.92. The van der Waals surface area contributed by atoms with E-state index in [0.717, 1.165) is 11.2 Å². The molecule has 1 heteroatoms. The summed E-state index contributed by atoms with van der Waals surface area (Å²) >= 11 is 0. The van der Waals surface area contributed by atoms with Crippen LogP contribution in [0.5, 0.6) is 0 Å². The van der Waals surface area contributed by atoms with E-state index in [-0.39, 0.29) is 0 Å². The van der Waals surface area contributed by atoms with Crippen LogP contribution in [0.25, 0.3) is 54.6 Å². The predicted molar refractivity (Wildman–Crippen MR) is 133 cm³/mol. The molecular formula is C31H22O. The molecule has 2 atom stereocenters. The molecule has 0 aliphatic heterocycles. The number of hydrogen-bond acceptors (Lipinski definition) is 1. The molecule has 0 saturated heterocycles. The minimum atomic E-state index is 0.580. The molecule has 0 amide bonds. The minimum absolute atomic E-state index is 0.580. The lowest BCUT2D eigenvalue weighted by atomic mass is 9.67. The first kappa shape index (κ1) is 17.0. The Morgan fingerprint density at radius 2 is 1.41 bits per heavy atom. The molecule has 0 N–H and O–H groups in total. The van der Waals surface area contributed by atoms with Crippen LogP contribution in [0.1, 0.15) is 29.9 Å². The third-order valence-corrected chi connectivity index (χ3v) is 8.12. The minimum Gasteiger partial charge on any atom is -0.455 e. The van der Waals surface area contributed by atoms with E-state index in [2.05, 4.69) is 84.9 Å². The maximum atomic E-state index is 6.90. The van der Waals surface area contributed by atoms with Crippen molar-refractivity contribution in [2.24, 2.45) is 5.92 Å². The molecule has 0 radical (unpaired) electrons. The lowest BCUT2D eigenvalue weighted by molar-refractivity contribution is 0.257. The van der Waals surface area contributed by atoms with Crippen LogP contribution in [-0.2, 0) is 6.42 Å². The molecule has 2 aliphatic rings. The molecule has 1 saturated carbocycles. The number of fused-ring (bicyclic) bond motifs is 14. The normalized spacial score (nSPS) is 19.5. The van der Waals surface area contributed by atoms with Crippen molar-refractivity contribution < 1.29 is 4.42 Å². The van der Waals surface area contributed by atoms with Gasteiger partial charge in [-0.15, -0.1) is 0 Å². The van der Waals surface area contributed by atoms with Crippen molar-refractivity contribution >= 4 is 43.5 Å². The molecule has 5 aromatic carbocycles. The van der Waals surface area contributed by atoms with E-state index >= 15 is 0 Å². The fraction of sp³-hybridized carbons (Fsp3) is 0.161. The van der Waals surface area contributed by atoms with E-state index in [1.807, 2.05) is 0 Å². The van der Waals surface area contributed by atoms with Crippen LogP contribution in [0.15, 0.2) is 89.3 Å². The molecule has 1 heterocycles. The number of rotatable bonds is 0. The van der Waals surface area contributed by atoms with Gasteiger partial charge in [-0.2, -0.15) is 0 Å². The van der Waals surface area contributed by atoms with Gasteiger partial charge in [0.05, 0.1) is 0 Å². The lowest BCUT2D eigenvalue weighted by Crippen LogP contribution is -2.25. The summed E-state index contributed by atoms with van der Waals surface area (Å²) in [5, 5.41) is 7.66. The summed E-state index contributed by atoms with van der Waals surface area (Å²) in [6, 6.07) is 31.1. The van der Waals surface area contributed by atoms with Crippen molar-refractivity contribution in [3.63, 3.8) is 0 Å². The van der Waals surface area contributed by atoms with Crippen molar-refractivity contribution in [2.75, 3.05) is 0 Å². The Morgan fingerprint density at radius 1 is 0.625 bits per heavy atom. The molecule has 1 unspecified atom stereocenters. The SMILES string of the molecule is c1ccc2c(c1)CC1CC[C@H]1c1c-2c2ccccc2c2c1oc1c3ccccc3ccc12. The Kier molecular flexibility index (Phi) is 3.20. The van der Waals surface area contributed by atoms with E-state index in [4.69, 9.17) is 4.42 Å². The van der Waals surface area contributed by atoms with E-state index in [1.54, 1.807) is 0 Å². The Hall–Kier alpha value is -3.58. The molecule has 0 bridgehead atoms. The first-order valence-corrected chi connectivity index (χ1v) is 11.8. The number of benzene rings is 5. The standard InChI is InChI=1S/C31H22O/c1-4-10-23-18(7-1)13-16-26-28-25-12-6-5-11-24(25)27-21-9-3-2-8-19(21)17-20-14-15-22(20)29(27)31(28)32-30(23)26/h1-13,16,20,22H,14-15,17H2/t20?,22-/m1/s1. The largest absolute Gasteiger partial charge is 0.455 e. The second-order valence-corrected chi connectivity index (χ2v) is 9.61. The van der Waals surface area contributed by atoms with Crippen LogP contribution in [0.3, 0.4) is 0 Å². The van der Waals surface area contributed by atoms with Crippen LogP contribution < -0.4 is 0 Å². The highest BCUT2D eigenvalue weighted by molar-refractivity contribution is 6.26. The molecule has 1 aromatic heterocycles. The van der Waals surface area contributed by atoms with Gasteiger partial charge in [-0.3, -0.25) is 0 Å². The zero-order valence-corrected chi connectivity index (χ0v) is 17.8. The van der Waals surface area contributed by atoms with Gasteiger partial charge in [0, 0.05) is 21.7 Å². The summed E-state index contributed by atoms with van der Waals surface area (Å²) in [7, 11) is 0. The van der Waals surface area contributed by atoms with Crippen LogP contribution >= 0.6 is 0 Å². The summed E-state index contributed by atoms with van der Waals surface area (Å²) in [6.07, 6.45) is 3.75. The van der Waals surface area contributed by atoms with Gasteiger partial charge in [0.2, 0.25) is 0 Å². The third-order valence-electron chi connectivity index (χ3n) is 8.12. The van der Waals surface area contributed by atoms with Gasteiger partial charge in [-0.25, -0.2) is 0 Å². The second-order valence-electron chi connectivity index (χ2n) is 9.61. The summed E-state index contributed by atoms with van der Waals surface area (Å²) < 4.78 is 6.90. The van der Waals surface area contributed by atoms with Crippen LogP contribution in [0, 0.1) is 5.92 Å². The Balaban J connectivity index is 1.66. The monoisotopic (exact) mass is 410 g/mol. The zero-order chi connectivity index (χ0) is 20.8. The average molecular weight is 411 g/mol. The van der Waals surface area contributed by atoms with Crippen LogP contribution in [0.2, 0.25) is 0 Å². The highest BCUT2D eigenvalue weighted by Gasteiger charge is 2.40. The predicted octanol–water partition coefficient (Wildman–Crippen LogP) is 8.61. The number of hydrogen-bond donors (Lipinski definition) is 0. The third kappa shape index (κ3) is 2.04. The summed E-state index contributed by atoms with van der Waals surface area (Å²) in [4.78, 5) is 0. The molecule has 2 aliphatic carbocycles. The zero-order valence-electron chi connectivity index (χ0n) is 17.8. The van der Waals surface area contributed by atoms with Crippen molar-refractivity contribution in [3.8, 4) is 11.1 Å². The fourth-order valence-electron chi connectivity index (χ4n) is 6.52. The maximum Gasteiger partial charge on any atom is 0.143 e. The van der Waals surface area contributed by atoms with Gasteiger partial charge in [0.15, 0.2) is 0 Å².